The number of amides is 2. The van der Waals surface area contributed by atoms with Crippen molar-refractivity contribution in [2.45, 2.75) is 25.0 Å². The Kier molecular flexibility index (Phi) is 4.87. The number of nitrogens with one attached hydrogen (secondary N) is 1. The fourth-order valence-corrected chi connectivity index (χ4v) is 2.34. The molecule has 2 atom stereocenters. The van der Waals surface area contributed by atoms with E-state index < -0.39 is 17.8 Å². The van der Waals surface area contributed by atoms with Crippen LogP contribution >= 0.6 is 0 Å². The molecule has 0 radical (unpaired) electrons. The van der Waals surface area contributed by atoms with Gasteiger partial charge in [0.1, 0.15) is 6.10 Å². The van der Waals surface area contributed by atoms with Crippen LogP contribution in [0.5, 0.6) is 11.5 Å². The Morgan fingerprint density at radius 1 is 1.32 bits per heavy atom. The van der Waals surface area contributed by atoms with Gasteiger partial charge < -0.3 is 25.2 Å². The molecule has 1 fully saturated rings. The number of hydrogen-bond acceptors (Lipinski definition) is 5. The predicted molar refractivity (Wildman–Crippen MR) is 78.7 cm³/mol. The molecule has 0 aromatic heterocycles. The number of hydrogen-bond donors (Lipinski definition) is 3. The number of benzene rings is 1. The van der Waals surface area contributed by atoms with E-state index in [0.29, 0.717) is 12.8 Å². The number of phenols is 2. The molecule has 1 saturated heterocycles. The molecular formula is C15H20N2O5. The van der Waals surface area contributed by atoms with E-state index in [0.717, 1.165) is 0 Å². The van der Waals surface area contributed by atoms with Gasteiger partial charge in [0.05, 0.1) is 11.7 Å². The average molecular weight is 308 g/mol. The Hall–Kier alpha value is -2.28. The molecule has 22 heavy (non-hydrogen) atoms. The van der Waals surface area contributed by atoms with Gasteiger partial charge in [0.15, 0.2) is 11.5 Å². The molecule has 1 aromatic carbocycles. The van der Waals surface area contributed by atoms with Crippen LogP contribution in [0, 0.1) is 0 Å². The third kappa shape index (κ3) is 3.48. The molecule has 2 amide bonds. The summed E-state index contributed by atoms with van der Waals surface area (Å²) in [6, 6.07) is 4.18. The lowest BCUT2D eigenvalue weighted by atomic mass is 10.1. The fourth-order valence-electron chi connectivity index (χ4n) is 2.34. The molecule has 0 spiro atoms. The number of phenolic OH excluding ortho intramolecular Hbond substituents is 2. The van der Waals surface area contributed by atoms with E-state index in [1.807, 2.05) is 0 Å². The first-order valence-electron chi connectivity index (χ1n) is 7.06. The highest BCUT2D eigenvalue weighted by molar-refractivity contribution is 5.97. The maximum atomic E-state index is 12.0. The molecular weight excluding hydrogens is 288 g/mol. The monoisotopic (exact) mass is 308 g/mol. The van der Waals surface area contributed by atoms with Gasteiger partial charge in [0.2, 0.25) is 0 Å². The number of likely N-dealkylation sites (N-methyl/N-ethyl adjacent to an activating group) is 1. The zero-order valence-corrected chi connectivity index (χ0v) is 12.6. The summed E-state index contributed by atoms with van der Waals surface area (Å²) in [5.41, 5.74) is -0.00100. The molecule has 7 nitrogen and oxygen atoms in total. The van der Waals surface area contributed by atoms with E-state index >= 15 is 0 Å². The SMILES string of the molecule is CN(C)C(=O)[C@H]1CC[C@@H](CNC(=O)c2cccc(O)c2O)O1. The molecule has 0 aliphatic carbocycles. The number of aromatic hydroxyl groups is 2. The minimum Gasteiger partial charge on any atom is -0.504 e. The van der Waals surface area contributed by atoms with Crippen LogP contribution in [0.15, 0.2) is 18.2 Å². The number of carbonyl (C=O) groups is 2. The van der Waals surface area contributed by atoms with Crippen LogP contribution in [0.25, 0.3) is 0 Å². The molecule has 1 aliphatic rings. The smallest absolute Gasteiger partial charge is 0.255 e. The van der Waals surface area contributed by atoms with Gasteiger partial charge >= 0.3 is 0 Å². The molecule has 1 aliphatic heterocycles. The highest BCUT2D eigenvalue weighted by Gasteiger charge is 2.31. The molecule has 3 N–H and O–H groups in total. The summed E-state index contributed by atoms with van der Waals surface area (Å²) in [5, 5.41) is 21.7. The van der Waals surface area contributed by atoms with E-state index in [-0.39, 0.29) is 29.9 Å². The third-order valence-electron chi connectivity index (χ3n) is 3.57. The van der Waals surface area contributed by atoms with Gasteiger partial charge in [-0.25, -0.2) is 0 Å². The summed E-state index contributed by atoms with van der Waals surface area (Å²) in [7, 11) is 3.34. The summed E-state index contributed by atoms with van der Waals surface area (Å²) in [5.74, 6) is -1.38. The van der Waals surface area contributed by atoms with Crippen molar-refractivity contribution < 1.29 is 24.5 Å². The second-order valence-electron chi connectivity index (χ2n) is 5.44. The highest BCUT2D eigenvalue weighted by atomic mass is 16.5. The van der Waals surface area contributed by atoms with Crippen LogP contribution in [0.2, 0.25) is 0 Å². The van der Waals surface area contributed by atoms with Crippen molar-refractivity contribution in [3.8, 4) is 11.5 Å². The maximum Gasteiger partial charge on any atom is 0.255 e. The molecule has 0 unspecified atom stereocenters. The number of para-hydroxylation sites is 1. The Morgan fingerprint density at radius 2 is 2.05 bits per heavy atom. The van der Waals surface area contributed by atoms with Crippen LogP contribution in [-0.2, 0) is 9.53 Å². The number of nitrogens with zero attached hydrogens (tertiary/aromatic N) is 1. The van der Waals surface area contributed by atoms with Gasteiger partial charge in [0.25, 0.3) is 11.8 Å². The van der Waals surface area contributed by atoms with Crippen molar-refractivity contribution in [1.29, 1.82) is 0 Å². The van der Waals surface area contributed by atoms with Crippen LogP contribution in [0.1, 0.15) is 23.2 Å². The fraction of sp³-hybridized carbons (Fsp3) is 0.467. The van der Waals surface area contributed by atoms with Crippen LogP contribution in [0.3, 0.4) is 0 Å². The Morgan fingerprint density at radius 3 is 2.73 bits per heavy atom. The first-order valence-corrected chi connectivity index (χ1v) is 7.06. The topological polar surface area (TPSA) is 99.1 Å². The summed E-state index contributed by atoms with van der Waals surface area (Å²) in [6.45, 7) is 0.241. The first-order chi connectivity index (χ1) is 10.4. The van der Waals surface area contributed by atoms with Crippen LogP contribution < -0.4 is 5.32 Å². The molecule has 1 aromatic rings. The largest absolute Gasteiger partial charge is 0.504 e. The molecule has 0 bridgehead atoms. The van der Waals surface area contributed by atoms with Crippen molar-refractivity contribution in [3.05, 3.63) is 23.8 Å². The zero-order chi connectivity index (χ0) is 16.3. The quantitative estimate of drug-likeness (QED) is 0.702. The molecule has 2 rings (SSSR count). The second-order valence-corrected chi connectivity index (χ2v) is 5.44. The standard InChI is InChI=1S/C15H20N2O5/c1-17(2)15(21)12-7-6-9(22-12)8-16-14(20)10-4-3-5-11(18)13(10)19/h3-5,9,12,18-19H,6-8H2,1-2H3,(H,16,20)/t9-,12+/m0/s1. The second kappa shape index (κ2) is 6.65. The summed E-state index contributed by atoms with van der Waals surface area (Å²) in [6.07, 6.45) is 0.592. The lowest BCUT2D eigenvalue weighted by molar-refractivity contribution is -0.140. The maximum absolute atomic E-state index is 12.0. The van der Waals surface area contributed by atoms with E-state index in [1.165, 1.54) is 23.1 Å². The summed E-state index contributed by atoms with van der Waals surface area (Å²) < 4.78 is 5.61. The van der Waals surface area contributed by atoms with Gasteiger partial charge in [-0.1, -0.05) is 6.07 Å². The van der Waals surface area contributed by atoms with Gasteiger partial charge in [-0.2, -0.15) is 0 Å². The number of carbonyl (C=O) groups excluding carboxylic acids is 2. The van der Waals surface area contributed by atoms with E-state index in [9.17, 15) is 19.8 Å². The van der Waals surface area contributed by atoms with Crippen molar-refractivity contribution in [2.24, 2.45) is 0 Å². The Labute approximate surface area is 128 Å². The summed E-state index contributed by atoms with van der Waals surface area (Å²) >= 11 is 0. The third-order valence-corrected chi connectivity index (χ3v) is 3.57. The van der Waals surface area contributed by atoms with Crippen molar-refractivity contribution in [2.75, 3.05) is 20.6 Å². The van der Waals surface area contributed by atoms with Gasteiger partial charge in [-0.3, -0.25) is 9.59 Å². The molecule has 1 heterocycles. The zero-order valence-electron chi connectivity index (χ0n) is 12.6. The Bertz CT molecular complexity index is 573. The lowest BCUT2D eigenvalue weighted by Crippen LogP contribution is -2.36. The number of ether oxygens (including phenoxy) is 1. The van der Waals surface area contributed by atoms with Crippen LogP contribution in [0.4, 0.5) is 0 Å². The van der Waals surface area contributed by atoms with Gasteiger partial charge in [-0.15, -0.1) is 0 Å². The highest BCUT2D eigenvalue weighted by Crippen LogP contribution is 2.28. The minimum atomic E-state index is -0.501. The van der Waals surface area contributed by atoms with Crippen molar-refractivity contribution in [1.82, 2.24) is 10.2 Å². The average Bonchev–Trinajstić information content (AvgIpc) is 2.95. The van der Waals surface area contributed by atoms with Gasteiger partial charge in [-0.05, 0) is 25.0 Å². The van der Waals surface area contributed by atoms with Crippen molar-refractivity contribution in [3.63, 3.8) is 0 Å². The Balaban J connectivity index is 1.88. The molecule has 7 heteroatoms. The van der Waals surface area contributed by atoms with E-state index in [4.69, 9.17) is 4.74 Å². The van der Waals surface area contributed by atoms with Gasteiger partial charge in [0, 0.05) is 20.6 Å². The number of rotatable bonds is 4. The summed E-state index contributed by atoms with van der Waals surface area (Å²) in [4.78, 5) is 25.3. The normalized spacial score (nSPS) is 20.6. The molecule has 120 valence electrons. The first kappa shape index (κ1) is 16.1. The van der Waals surface area contributed by atoms with Crippen molar-refractivity contribution >= 4 is 11.8 Å². The molecule has 0 saturated carbocycles. The van der Waals surface area contributed by atoms with Crippen LogP contribution in [-0.4, -0.2) is 59.8 Å². The predicted octanol–water partition coefficient (Wildman–Crippen LogP) is 0.463. The van der Waals surface area contributed by atoms with E-state index in [2.05, 4.69) is 5.32 Å². The lowest BCUT2D eigenvalue weighted by Gasteiger charge is -2.17. The minimum absolute atomic E-state index is 0.00100. The van der Waals surface area contributed by atoms with E-state index in [1.54, 1.807) is 14.1 Å².